The number of benzene rings is 2. The maximum Gasteiger partial charge on any atom is 0.435 e. The molecule has 0 bridgehead atoms. The highest BCUT2D eigenvalue weighted by atomic mass is 35.5. The number of carbonyl (C=O) groups excluding carboxylic acids is 2. The van der Waals surface area contributed by atoms with Crippen molar-refractivity contribution < 1.29 is 89.4 Å². The van der Waals surface area contributed by atoms with E-state index in [0.717, 1.165) is 42.7 Å². The molecule has 0 unspecified atom stereocenters. The van der Waals surface area contributed by atoms with Crippen LogP contribution in [0.25, 0.3) is 22.0 Å². The van der Waals surface area contributed by atoms with Gasteiger partial charge in [-0.3, -0.25) is 23.5 Å². The summed E-state index contributed by atoms with van der Waals surface area (Å²) in [5.41, 5.74) is -6.10. The lowest BCUT2D eigenvalue weighted by Crippen LogP contribution is -2.35. The van der Waals surface area contributed by atoms with Crippen LogP contribution in [0.1, 0.15) is 72.6 Å². The van der Waals surface area contributed by atoms with Gasteiger partial charge < -0.3 is 19.8 Å². The highest BCUT2D eigenvalue weighted by molar-refractivity contribution is 7.92. The first-order valence-corrected chi connectivity index (χ1v) is 27.3. The van der Waals surface area contributed by atoms with Gasteiger partial charge in [0, 0.05) is 34.9 Å². The third-order valence-corrected chi connectivity index (χ3v) is 16.1. The number of sulfonamides is 1. The number of rotatable bonds is 16. The molecule has 31 heteroatoms. The summed E-state index contributed by atoms with van der Waals surface area (Å²) in [7, 11) is -13.4. The van der Waals surface area contributed by atoms with Crippen molar-refractivity contribution >= 4 is 67.7 Å². The van der Waals surface area contributed by atoms with Crippen LogP contribution >= 0.6 is 19.2 Å². The molecule has 1 fully saturated rings. The van der Waals surface area contributed by atoms with Crippen molar-refractivity contribution in [1.29, 1.82) is 0 Å². The molecule has 74 heavy (non-hydrogen) atoms. The van der Waals surface area contributed by atoms with Crippen molar-refractivity contribution in [2.24, 2.45) is 5.92 Å². The van der Waals surface area contributed by atoms with Crippen LogP contribution in [0.3, 0.4) is 0 Å². The molecule has 2 aliphatic carbocycles. The zero-order valence-electron chi connectivity index (χ0n) is 38.5. The average Bonchev–Trinajstić information content (AvgIpc) is 3.75. The second kappa shape index (κ2) is 19.4. The summed E-state index contributed by atoms with van der Waals surface area (Å²) in [4.78, 5) is 49.5. The number of hydrogen-bond donors (Lipinski definition) is 3. The highest BCUT2D eigenvalue weighted by Crippen LogP contribution is 2.68. The number of nitrogens with zero attached hydrogens (tertiary/aromatic N) is 6. The summed E-state index contributed by atoms with van der Waals surface area (Å²) in [6.07, 6.45) is -12.0. The number of aromatic nitrogens is 5. The molecule has 0 saturated heterocycles. The Labute approximate surface area is 418 Å². The topological polar surface area (TPSA) is 233 Å². The second-order valence-corrected chi connectivity index (χ2v) is 24.6. The number of halogens is 11. The lowest BCUT2D eigenvalue weighted by atomic mass is 9.93. The Balaban J connectivity index is 1.45. The van der Waals surface area contributed by atoms with Crippen LogP contribution in [-0.2, 0) is 70.4 Å². The van der Waals surface area contributed by atoms with E-state index in [9.17, 15) is 75.9 Å². The Kier molecular flexibility index (Phi) is 14.7. The first kappa shape index (κ1) is 55.9. The molecule has 2 aliphatic rings. The van der Waals surface area contributed by atoms with Crippen LogP contribution in [0.4, 0.5) is 49.7 Å². The molecule has 1 saturated carbocycles. The van der Waals surface area contributed by atoms with E-state index in [4.69, 9.17) is 16.3 Å². The van der Waals surface area contributed by atoms with Crippen LogP contribution in [0, 0.1) is 29.4 Å². The van der Waals surface area contributed by atoms with E-state index >= 15 is 8.78 Å². The number of amides is 1. The zero-order valence-corrected chi connectivity index (χ0v) is 41.8. The van der Waals surface area contributed by atoms with E-state index in [-0.39, 0.29) is 42.5 Å². The van der Waals surface area contributed by atoms with E-state index in [0.29, 0.717) is 12.3 Å². The number of pyridine rings is 1. The van der Waals surface area contributed by atoms with Crippen LogP contribution in [0.5, 0.6) is 0 Å². The van der Waals surface area contributed by atoms with E-state index in [1.807, 2.05) is 0 Å². The Morgan fingerprint density at radius 1 is 0.986 bits per heavy atom. The van der Waals surface area contributed by atoms with Gasteiger partial charge in [-0.1, -0.05) is 23.6 Å². The molecule has 0 aliphatic heterocycles. The number of anilines is 1. The van der Waals surface area contributed by atoms with Gasteiger partial charge in [-0.15, -0.1) is 0 Å². The maximum absolute atomic E-state index is 15.6. The molecule has 7 rings (SSSR count). The normalized spacial score (nSPS) is 17.0. The maximum atomic E-state index is 15.6. The van der Waals surface area contributed by atoms with Crippen LogP contribution < -0.4 is 9.62 Å². The standard InChI is InChI=1S/C43H39ClF10N7O10PS2/c1-40(2,73(3,67)68)11-9-24-5-6-25(26-7-8-29(44)34-36(26)60(19-41(47,48)49)58-39(34)61(74(4,69)70)20-71-32(63)10-12-72(64,65)66)35(55-24)30(15-21-13-22(45)16-23(46)14-21)56-31(62)18-59-38-33(37(57-59)43(52,53)54)27-17-28(27)42(38,50)51/h5-8,13-14,16,27-28,30H,10,12,15,17-20H2,1-4H3,(H,56,62)(H2,64,65,66)/t27-,28+,30-/m0/s1. The molecule has 2 aromatic carbocycles. The molecule has 400 valence electrons. The molecule has 17 nitrogen and oxygen atoms in total. The fourth-order valence-corrected chi connectivity index (χ4v) is 9.82. The SMILES string of the molecule is CC(C)(C#Cc1ccc(-c2ccc(Cl)c3c(N(COC(=O)CCP(=O)(O)O)S(C)(=O)=O)nn(CC(F)(F)F)c23)c([C@H](Cc2cc(F)cc(F)c2)NC(=O)Cn2nc(C(F)(F)F)c3c2C(F)(F)[C@@H]2C[C@H]32)n1)S(C)(=O)=O. The molecule has 3 heterocycles. The predicted molar refractivity (Wildman–Crippen MR) is 243 cm³/mol. The van der Waals surface area contributed by atoms with Gasteiger partial charge in [0.05, 0.1) is 46.5 Å². The monoisotopic (exact) mass is 1130 g/mol. The minimum Gasteiger partial charge on any atom is -0.443 e. The van der Waals surface area contributed by atoms with E-state index in [1.54, 1.807) is 0 Å². The predicted octanol–water partition coefficient (Wildman–Crippen LogP) is 7.13. The summed E-state index contributed by atoms with van der Waals surface area (Å²) in [5, 5.41) is 8.59. The Morgan fingerprint density at radius 3 is 2.20 bits per heavy atom. The quantitative estimate of drug-likeness (QED) is 0.0294. The second-order valence-electron chi connectivity index (χ2n) is 17.9. The minimum atomic E-state index is -5.24. The van der Waals surface area contributed by atoms with E-state index < -0.39 is 175 Å². The first-order valence-electron chi connectivity index (χ1n) is 21.3. The fourth-order valence-electron chi connectivity index (χ4n) is 8.19. The van der Waals surface area contributed by atoms with Crippen LogP contribution in [0.15, 0.2) is 42.5 Å². The minimum absolute atomic E-state index is 0.171. The number of sulfone groups is 1. The summed E-state index contributed by atoms with van der Waals surface area (Å²) < 4.78 is 214. The number of fused-ring (bicyclic) bond motifs is 4. The molecule has 3 atom stereocenters. The van der Waals surface area contributed by atoms with Gasteiger partial charge >= 0.3 is 25.9 Å². The molecular formula is C43H39ClF10N7O10PS2. The third kappa shape index (κ3) is 12.0. The van der Waals surface area contributed by atoms with Crippen molar-refractivity contribution in [1.82, 2.24) is 29.9 Å². The number of nitrogens with one attached hydrogen (secondary N) is 1. The number of carbonyl (C=O) groups is 2. The van der Waals surface area contributed by atoms with Gasteiger partial charge in [0.15, 0.2) is 28.1 Å². The summed E-state index contributed by atoms with van der Waals surface area (Å²) in [6, 6.07) is 4.57. The van der Waals surface area contributed by atoms with Gasteiger partial charge in [0.1, 0.15) is 40.9 Å². The van der Waals surface area contributed by atoms with Gasteiger partial charge in [-0.25, -0.2) is 34.9 Å². The summed E-state index contributed by atoms with van der Waals surface area (Å²) in [5.74, 6) is -7.49. The van der Waals surface area contributed by atoms with Crippen molar-refractivity contribution in [3.63, 3.8) is 0 Å². The molecule has 1 amide bonds. The van der Waals surface area contributed by atoms with Crippen molar-refractivity contribution in [3.05, 3.63) is 93.0 Å². The number of ether oxygens (including phenoxy) is 1. The lowest BCUT2D eigenvalue weighted by molar-refractivity contribution is -0.143. The zero-order chi connectivity index (χ0) is 55.1. The average molecular weight is 1130 g/mol. The molecular weight excluding hydrogens is 1100 g/mol. The highest BCUT2D eigenvalue weighted by Gasteiger charge is 2.68. The summed E-state index contributed by atoms with van der Waals surface area (Å²) >= 11 is 6.60. The Bertz CT molecular complexity index is 3440. The molecule has 0 radical (unpaired) electrons. The molecule has 0 spiro atoms. The smallest absolute Gasteiger partial charge is 0.435 e. The first-order chi connectivity index (χ1) is 33.9. The number of alkyl halides is 8. The lowest BCUT2D eigenvalue weighted by Gasteiger charge is -2.23. The van der Waals surface area contributed by atoms with E-state index in [1.165, 1.54) is 13.8 Å². The number of hydrogen-bond acceptors (Lipinski definition) is 11. The number of esters is 1. The van der Waals surface area contributed by atoms with Crippen molar-refractivity contribution in [3.8, 4) is 23.0 Å². The molecule has 5 aromatic rings. The summed E-state index contributed by atoms with van der Waals surface area (Å²) in [6.45, 7) is -2.23. The largest absolute Gasteiger partial charge is 0.443 e. The van der Waals surface area contributed by atoms with E-state index in [2.05, 4.69) is 32.3 Å². The van der Waals surface area contributed by atoms with Gasteiger partial charge in [0.25, 0.3) is 5.92 Å². The van der Waals surface area contributed by atoms with Gasteiger partial charge in [0.2, 0.25) is 15.9 Å². The van der Waals surface area contributed by atoms with Crippen LogP contribution in [0.2, 0.25) is 5.02 Å². The van der Waals surface area contributed by atoms with Crippen molar-refractivity contribution in [2.75, 3.05) is 29.7 Å². The fraction of sp³-hybridized carbons (Fsp3) is 0.419. The Morgan fingerprint density at radius 2 is 1.62 bits per heavy atom. The molecule has 3 aromatic heterocycles. The van der Waals surface area contributed by atoms with Crippen LogP contribution in [-0.4, -0.2) is 99.4 Å². The van der Waals surface area contributed by atoms with Crippen molar-refractivity contribution in [2.45, 2.75) is 81.2 Å². The van der Waals surface area contributed by atoms with Gasteiger partial charge in [-0.05, 0) is 74.4 Å². The Hall–Kier alpha value is -5.79. The van der Waals surface area contributed by atoms with Gasteiger partial charge in [-0.2, -0.15) is 45.3 Å². The molecule has 3 N–H and O–H groups in total. The third-order valence-electron chi connectivity index (χ3n) is 11.9.